The SMILES string of the molecule is CSCCC1(CBr)CC(C)C1. The molecule has 1 aliphatic rings. The van der Waals surface area contributed by atoms with Crippen LogP contribution >= 0.6 is 27.7 Å². The van der Waals surface area contributed by atoms with Crippen molar-refractivity contribution in [3.8, 4) is 0 Å². The molecule has 0 aromatic heterocycles. The van der Waals surface area contributed by atoms with Crippen molar-refractivity contribution >= 4 is 27.7 Å². The Kier molecular flexibility index (Phi) is 3.76. The van der Waals surface area contributed by atoms with E-state index in [1.54, 1.807) is 0 Å². The van der Waals surface area contributed by atoms with Crippen LogP contribution in [-0.2, 0) is 0 Å². The molecule has 1 fully saturated rings. The molecule has 1 saturated carbocycles. The second kappa shape index (κ2) is 4.18. The fourth-order valence-corrected chi connectivity index (χ4v) is 3.49. The summed E-state index contributed by atoms with van der Waals surface area (Å²) >= 11 is 5.61. The minimum atomic E-state index is 0.683. The van der Waals surface area contributed by atoms with Crippen molar-refractivity contribution in [3.63, 3.8) is 0 Å². The van der Waals surface area contributed by atoms with Gasteiger partial charge in [-0.1, -0.05) is 22.9 Å². The molecule has 0 N–H and O–H groups in total. The minimum absolute atomic E-state index is 0.683. The lowest BCUT2D eigenvalue weighted by atomic mass is 9.62. The summed E-state index contributed by atoms with van der Waals surface area (Å²) in [4.78, 5) is 0. The zero-order chi connectivity index (χ0) is 8.32. The lowest BCUT2D eigenvalue weighted by Gasteiger charge is -2.45. The monoisotopic (exact) mass is 236 g/mol. The van der Waals surface area contributed by atoms with Crippen LogP contribution in [0.3, 0.4) is 0 Å². The van der Waals surface area contributed by atoms with Crippen LogP contribution in [0.2, 0.25) is 0 Å². The van der Waals surface area contributed by atoms with E-state index in [1.807, 2.05) is 11.8 Å². The van der Waals surface area contributed by atoms with Gasteiger partial charge >= 0.3 is 0 Å². The molecular formula is C9H17BrS. The van der Waals surface area contributed by atoms with E-state index in [-0.39, 0.29) is 0 Å². The highest BCUT2D eigenvalue weighted by Gasteiger charge is 2.40. The smallest absolute Gasteiger partial charge is 0.00884 e. The van der Waals surface area contributed by atoms with Crippen LogP contribution in [0.1, 0.15) is 26.2 Å². The molecule has 0 aromatic rings. The molecule has 0 nitrogen and oxygen atoms in total. The highest BCUT2D eigenvalue weighted by atomic mass is 79.9. The van der Waals surface area contributed by atoms with Gasteiger partial charge in [0.25, 0.3) is 0 Å². The maximum absolute atomic E-state index is 3.63. The summed E-state index contributed by atoms with van der Waals surface area (Å²) < 4.78 is 0. The average molecular weight is 237 g/mol. The number of rotatable bonds is 4. The van der Waals surface area contributed by atoms with Crippen molar-refractivity contribution in [3.05, 3.63) is 0 Å². The molecule has 0 atom stereocenters. The summed E-state index contributed by atoms with van der Waals surface area (Å²) in [5.74, 6) is 2.31. The molecule has 1 aliphatic carbocycles. The molecule has 0 aromatic carbocycles. The predicted octanol–water partition coefficient (Wildman–Crippen LogP) is 3.55. The highest BCUT2D eigenvalue weighted by molar-refractivity contribution is 9.09. The van der Waals surface area contributed by atoms with Crippen LogP contribution in [-0.4, -0.2) is 17.3 Å². The second-order valence-electron chi connectivity index (χ2n) is 3.89. The lowest BCUT2D eigenvalue weighted by molar-refractivity contribution is 0.0920. The normalized spacial score (nSPS) is 36.8. The third-order valence-corrected chi connectivity index (χ3v) is 4.48. The third kappa shape index (κ3) is 2.38. The first-order valence-corrected chi connectivity index (χ1v) is 6.79. The van der Waals surface area contributed by atoms with E-state index in [9.17, 15) is 0 Å². The van der Waals surface area contributed by atoms with Crippen molar-refractivity contribution in [1.29, 1.82) is 0 Å². The predicted molar refractivity (Wildman–Crippen MR) is 57.6 cm³/mol. The molecule has 0 unspecified atom stereocenters. The molecule has 0 saturated heterocycles. The molecule has 2 heteroatoms. The van der Waals surface area contributed by atoms with Gasteiger partial charge < -0.3 is 0 Å². The first kappa shape index (κ1) is 9.91. The van der Waals surface area contributed by atoms with Gasteiger partial charge in [0.2, 0.25) is 0 Å². The van der Waals surface area contributed by atoms with Gasteiger partial charge in [0.1, 0.15) is 0 Å². The average Bonchev–Trinajstić information content (AvgIpc) is 1.96. The van der Waals surface area contributed by atoms with E-state index >= 15 is 0 Å². The van der Waals surface area contributed by atoms with Gasteiger partial charge in [-0.25, -0.2) is 0 Å². The molecular weight excluding hydrogens is 220 g/mol. The zero-order valence-corrected chi connectivity index (χ0v) is 9.80. The Morgan fingerprint density at radius 3 is 2.55 bits per heavy atom. The maximum atomic E-state index is 3.63. The summed E-state index contributed by atoms with van der Waals surface area (Å²) in [5.41, 5.74) is 0.683. The topological polar surface area (TPSA) is 0 Å². The van der Waals surface area contributed by atoms with Crippen molar-refractivity contribution in [2.24, 2.45) is 11.3 Å². The largest absolute Gasteiger partial charge is 0.165 e. The molecule has 1 rings (SSSR count). The van der Waals surface area contributed by atoms with E-state index in [0.29, 0.717) is 5.41 Å². The Labute approximate surface area is 82.6 Å². The fourth-order valence-electron chi connectivity index (χ4n) is 2.12. The Bertz CT molecular complexity index is 119. The number of hydrogen-bond acceptors (Lipinski definition) is 1. The van der Waals surface area contributed by atoms with Crippen LogP contribution < -0.4 is 0 Å². The highest BCUT2D eigenvalue weighted by Crippen LogP contribution is 2.49. The number of halogens is 1. The van der Waals surface area contributed by atoms with E-state index in [2.05, 4.69) is 29.1 Å². The van der Waals surface area contributed by atoms with E-state index in [4.69, 9.17) is 0 Å². The number of alkyl halides is 1. The first-order chi connectivity index (χ1) is 5.22. The van der Waals surface area contributed by atoms with Crippen molar-refractivity contribution in [1.82, 2.24) is 0 Å². The van der Waals surface area contributed by atoms with Gasteiger partial charge in [-0.05, 0) is 42.6 Å². The third-order valence-electron chi connectivity index (χ3n) is 2.68. The minimum Gasteiger partial charge on any atom is -0.165 e. The quantitative estimate of drug-likeness (QED) is 0.674. The van der Waals surface area contributed by atoms with Crippen molar-refractivity contribution < 1.29 is 0 Å². The van der Waals surface area contributed by atoms with Gasteiger partial charge in [-0.3, -0.25) is 0 Å². The Balaban J connectivity index is 2.26. The van der Waals surface area contributed by atoms with Crippen LogP contribution in [0.4, 0.5) is 0 Å². The van der Waals surface area contributed by atoms with Crippen molar-refractivity contribution in [2.45, 2.75) is 26.2 Å². The van der Waals surface area contributed by atoms with Gasteiger partial charge in [-0.2, -0.15) is 11.8 Å². The van der Waals surface area contributed by atoms with Gasteiger partial charge in [0.05, 0.1) is 0 Å². The molecule has 0 bridgehead atoms. The first-order valence-electron chi connectivity index (χ1n) is 4.27. The molecule has 0 aliphatic heterocycles. The molecule has 0 radical (unpaired) electrons. The standard InChI is InChI=1S/C9H17BrS/c1-8-5-9(6-8,7-10)3-4-11-2/h8H,3-7H2,1-2H3. The van der Waals surface area contributed by atoms with E-state index in [1.165, 1.54) is 30.3 Å². The van der Waals surface area contributed by atoms with Crippen LogP contribution in [0.5, 0.6) is 0 Å². The van der Waals surface area contributed by atoms with Crippen LogP contribution in [0, 0.1) is 11.3 Å². The molecule has 0 amide bonds. The summed E-state index contributed by atoms with van der Waals surface area (Å²) in [7, 11) is 0. The molecule has 11 heavy (non-hydrogen) atoms. The lowest BCUT2D eigenvalue weighted by Crippen LogP contribution is -2.37. The Hall–Kier alpha value is 0.830. The Morgan fingerprint density at radius 1 is 1.55 bits per heavy atom. The summed E-state index contributed by atoms with van der Waals surface area (Å²) in [5, 5.41) is 1.21. The summed E-state index contributed by atoms with van der Waals surface area (Å²) in [6, 6.07) is 0. The van der Waals surface area contributed by atoms with Gasteiger partial charge in [-0.15, -0.1) is 0 Å². The number of hydrogen-bond donors (Lipinski definition) is 0. The van der Waals surface area contributed by atoms with Crippen LogP contribution in [0.25, 0.3) is 0 Å². The van der Waals surface area contributed by atoms with Gasteiger partial charge in [0, 0.05) is 5.33 Å². The second-order valence-corrected chi connectivity index (χ2v) is 5.44. The van der Waals surface area contributed by atoms with E-state index < -0.39 is 0 Å². The fraction of sp³-hybridized carbons (Fsp3) is 1.00. The maximum Gasteiger partial charge on any atom is 0.00884 e. The van der Waals surface area contributed by atoms with E-state index in [0.717, 1.165) is 5.92 Å². The molecule has 66 valence electrons. The number of thioether (sulfide) groups is 1. The summed E-state index contributed by atoms with van der Waals surface area (Å²) in [6.45, 7) is 2.36. The zero-order valence-electron chi connectivity index (χ0n) is 7.40. The van der Waals surface area contributed by atoms with Crippen molar-refractivity contribution in [2.75, 3.05) is 17.3 Å². The van der Waals surface area contributed by atoms with Gasteiger partial charge in [0.15, 0.2) is 0 Å². The molecule has 0 spiro atoms. The molecule has 0 heterocycles. The van der Waals surface area contributed by atoms with Crippen LogP contribution in [0.15, 0.2) is 0 Å². The summed E-state index contributed by atoms with van der Waals surface area (Å²) in [6.07, 6.45) is 6.49. The Morgan fingerprint density at radius 2 is 2.18 bits per heavy atom.